The van der Waals surface area contributed by atoms with E-state index in [0.29, 0.717) is 30.9 Å². The zero-order valence-electron chi connectivity index (χ0n) is 17.1. The summed E-state index contributed by atoms with van der Waals surface area (Å²) in [6.07, 6.45) is 1.78. The molecule has 2 aromatic carbocycles. The molecule has 2 N–H and O–H groups in total. The second-order valence-electron chi connectivity index (χ2n) is 7.49. The number of nitrogens with zero attached hydrogens (tertiary/aromatic N) is 1. The van der Waals surface area contributed by atoms with E-state index in [1.54, 1.807) is 29.2 Å². The Morgan fingerprint density at radius 1 is 1.03 bits per heavy atom. The van der Waals surface area contributed by atoms with Crippen molar-refractivity contribution in [3.63, 3.8) is 0 Å². The first kappa shape index (κ1) is 20.9. The third-order valence-corrected chi connectivity index (χ3v) is 4.98. The van der Waals surface area contributed by atoms with Gasteiger partial charge < -0.3 is 20.3 Å². The van der Waals surface area contributed by atoms with E-state index in [9.17, 15) is 9.59 Å². The topological polar surface area (TPSA) is 70.7 Å². The van der Waals surface area contributed by atoms with Gasteiger partial charge in [-0.25, -0.2) is 4.79 Å². The van der Waals surface area contributed by atoms with Gasteiger partial charge in [0.25, 0.3) is 5.91 Å². The molecule has 0 aliphatic carbocycles. The van der Waals surface area contributed by atoms with Crippen LogP contribution in [0.3, 0.4) is 0 Å². The Kier molecular flexibility index (Phi) is 7.25. The van der Waals surface area contributed by atoms with E-state index in [0.717, 1.165) is 12.8 Å². The lowest BCUT2D eigenvalue weighted by Crippen LogP contribution is -2.38. The number of anilines is 1. The summed E-state index contributed by atoms with van der Waals surface area (Å²) >= 11 is 0. The SMILES string of the molecule is C[C@@H]1CCN(C(=O)Nc2ccc(C(=O)NCCc3ccccc3)cc2)C[C@H](C)O1. The van der Waals surface area contributed by atoms with Crippen LogP contribution in [0.25, 0.3) is 0 Å². The van der Waals surface area contributed by atoms with E-state index >= 15 is 0 Å². The molecule has 2 aromatic rings. The van der Waals surface area contributed by atoms with Gasteiger partial charge in [-0.1, -0.05) is 30.3 Å². The highest BCUT2D eigenvalue weighted by Gasteiger charge is 2.23. The largest absolute Gasteiger partial charge is 0.374 e. The molecule has 3 amide bonds. The average molecular weight is 396 g/mol. The van der Waals surface area contributed by atoms with Crippen LogP contribution in [0.1, 0.15) is 36.2 Å². The molecule has 0 aromatic heterocycles. The second kappa shape index (κ2) is 10.1. The van der Waals surface area contributed by atoms with Gasteiger partial charge in [-0.15, -0.1) is 0 Å². The van der Waals surface area contributed by atoms with Crippen LogP contribution in [-0.2, 0) is 11.2 Å². The Morgan fingerprint density at radius 3 is 2.48 bits per heavy atom. The van der Waals surface area contributed by atoms with Gasteiger partial charge in [0.2, 0.25) is 0 Å². The highest BCUT2D eigenvalue weighted by Crippen LogP contribution is 2.15. The molecule has 3 rings (SSSR count). The zero-order chi connectivity index (χ0) is 20.6. The van der Waals surface area contributed by atoms with Crippen LogP contribution < -0.4 is 10.6 Å². The average Bonchev–Trinajstić information content (AvgIpc) is 2.89. The van der Waals surface area contributed by atoms with Crippen molar-refractivity contribution < 1.29 is 14.3 Å². The summed E-state index contributed by atoms with van der Waals surface area (Å²) in [4.78, 5) is 26.6. The third kappa shape index (κ3) is 6.32. The molecular formula is C23H29N3O3. The summed E-state index contributed by atoms with van der Waals surface area (Å²) < 4.78 is 5.78. The lowest BCUT2D eigenvalue weighted by Gasteiger charge is -2.22. The molecule has 1 aliphatic rings. The molecule has 0 spiro atoms. The van der Waals surface area contributed by atoms with Gasteiger partial charge in [0.05, 0.1) is 12.2 Å². The van der Waals surface area contributed by atoms with E-state index in [1.807, 2.05) is 44.2 Å². The van der Waals surface area contributed by atoms with Crippen LogP contribution in [-0.4, -0.2) is 48.7 Å². The van der Waals surface area contributed by atoms with E-state index in [1.165, 1.54) is 5.56 Å². The van der Waals surface area contributed by atoms with Crippen LogP contribution in [0.5, 0.6) is 0 Å². The smallest absolute Gasteiger partial charge is 0.321 e. The maximum absolute atomic E-state index is 12.5. The number of benzene rings is 2. The summed E-state index contributed by atoms with van der Waals surface area (Å²) in [7, 11) is 0. The van der Waals surface area contributed by atoms with Crippen LogP contribution in [0.4, 0.5) is 10.5 Å². The van der Waals surface area contributed by atoms with Gasteiger partial charge in [0.15, 0.2) is 0 Å². The number of ether oxygens (including phenoxy) is 1. The minimum absolute atomic E-state index is 0.0141. The Bertz CT molecular complexity index is 808. The van der Waals surface area contributed by atoms with Crippen molar-refractivity contribution >= 4 is 17.6 Å². The van der Waals surface area contributed by atoms with Gasteiger partial charge in [-0.2, -0.15) is 0 Å². The lowest BCUT2D eigenvalue weighted by molar-refractivity contribution is 0.0162. The van der Waals surface area contributed by atoms with Crippen LogP contribution >= 0.6 is 0 Å². The molecule has 1 fully saturated rings. The van der Waals surface area contributed by atoms with Crippen molar-refractivity contribution in [2.24, 2.45) is 0 Å². The van der Waals surface area contributed by atoms with Crippen LogP contribution in [0.15, 0.2) is 54.6 Å². The summed E-state index contributed by atoms with van der Waals surface area (Å²) in [6.45, 7) is 5.82. The van der Waals surface area contributed by atoms with E-state index in [2.05, 4.69) is 10.6 Å². The Labute approximate surface area is 172 Å². The molecule has 1 aliphatic heterocycles. The Hall–Kier alpha value is -2.86. The molecule has 2 atom stereocenters. The van der Waals surface area contributed by atoms with Crippen molar-refractivity contribution in [2.45, 2.75) is 38.9 Å². The number of carbonyl (C=O) groups excluding carboxylic acids is 2. The van der Waals surface area contributed by atoms with Crippen LogP contribution in [0, 0.1) is 0 Å². The lowest BCUT2D eigenvalue weighted by atomic mass is 10.1. The number of rotatable bonds is 5. The molecular weight excluding hydrogens is 366 g/mol. The molecule has 29 heavy (non-hydrogen) atoms. The standard InChI is InChI=1S/C23H29N3O3/c1-17-13-15-26(16-18(2)29-17)23(28)25-21-10-8-20(9-11-21)22(27)24-14-12-19-6-4-3-5-7-19/h3-11,17-18H,12-16H2,1-2H3,(H,24,27)(H,25,28)/t17-,18+/m1/s1. The van der Waals surface area contributed by atoms with E-state index in [4.69, 9.17) is 4.74 Å². The number of hydrogen-bond donors (Lipinski definition) is 2. The molecule has 1 heterocycles. The molecule has 6 heteroatoms. The maximum Gasteiger partial charge on any atom is 0.321 e. The molecule has 0 saturated carbocycles. The van der Waals surface area contributed by atoms with Gasteiger partial charge in [0, 0.05) is 30.9 Å². The summed E-state index contributed by atoms with van der Waals surface area (Å²) in [5.41, 5.74) is 2.43. The first-order chi connectivity index (χ1) is 14.0. The van der Waals surface area contributed by atoms with Gasteiger partial charge >= 0.3 is 6.03 Å². The van der Waals surface area contributed by atoms with Crippen LogP contribution in [0.2, 0.25) is 0 Å². The number of amides is 3. The minimum atomic E-state index is -0.144. The van der Waals surface area contributed by atoms with Crippen molar-refractivity contribution in [1.29, 1.82) is 0 Å². The first-order valence-corrected chi connectivity index (χ1v) is 10.1. The second-order valence-corrected chi connectivity index (χ2v) is 7.49. The number of carbonyl (C=O) groups is 2. The fraction of sp³-hybridized carbons (Fsp3) is 0.391. The maximum atomic E-state index is 12.5. The normalized spacial score (nSPS) is 19.3. The zero-order valence-corrected chi connectivity index (χ0v) is 17.1. The quantitative estimate of drug-likeness (QED) is 0.811. The van der Waals surface area contributed by atoms with Gasteiger partial charge in [0.1, 0.15) is 0 Å². The highest BCUT2D eigenvalue weighted by molar-refractivity contribution is 5.95. The molecule has 154 valence electrons. The summed E-state index contributed by atoms with van der Waals surface area (Å²) in [5, 5.41) is 5.83. The molecule has 0 bridgehead atoms. The van der Waals surface area contributed by atoms with Crippen molar-refractivity contribution in [3.8, 4) is 0 Å². The van der Waals surface area contributed by atoms with Gasteiger partial charge in [-0.3, -0.25) is 4.79 Å². The minimum Gasteiger partial charge on any atom is -0.374 e. The summed E-state index contributed by atoms with van der Waals surface area (Å²) in [5.74, 6) is -0.119. The number of hydrogen-bond acceptors (Lipinski definition) is 3. The molecule has 0 unspecified atom stereocenters. The van der Waals surface area contributed by atoms with Gasteiger partial charge in [-0.05, 0) is 56.5 Å². The fourth-order valence-corrected chi connectivity index (χ4v) is 3.41. The van der Waals surface area contributed by atoms with Crippen molar-refractivity contribution in [3.05, 3.63) is 65.7 Å². The monoisotopic (exact) mass is 395 g/mol. The predicted molar refractivity (Wildman–Crippen MR) is 114 cm³/mol. The molecule has 0 radical (unpaired) electrons. The fourth-order valence-electron chi connectivity index (χ4n) is 3.41. The highest BCUT2D eigenvalue weighted by atomic mass is 16.5. The Morgan fingerprint density at radius 2 is 1.76 bits per heavy atom. The first-order valence-electron chi connectivity index (χ1n) is 10.1. The number of urea groups is 1. The van der Waals surface area contributed by atoms with E-state index in [-0.39, 0.29) is 24.1 Å². The van der Waals surface area contributed by atoms with E-state index < -0.39 is 0 Å². The van der Waals surface area contributed by atoms with Crippen molar-refractivity contribution in [2.75, 3.05) is 25.0 Å². The van der Waals surface area contributed by atoms with Crippen molar-refractivity contribution in [1.82, 2.24) is 10.2 Å². The molecule has 6 nitrogen and oxygen atoms in total. The Balaban J connectivity index is 1.49. The summed E-state index contributed by atoms with van der Waals surface area (Å²) in [6, 6.07) is 16.9. The third-order valence-electron chi connectivity index (χ3n) is 4.98. The predicted octanol–water partition coefficient (Wildman–Crippen LogP) is 3.69. The molecule has 1 saturated heterocycles. The number of nitrogens with one attached hydrogen (secondary N) is 2.